The lowest BCUT2D eigenvalue weighted by Gasteiger charge is -2.44. The normalized spacial score (nSPS) is 18.0. The van der Waals surface area contributed by atoms with Gasteiger partial charge in [0.05, 0.1) is 0 Å². The summed E-state index contributed by atoms with van der Waals surface area (Å²) in [5.74, 6) is 0.294. The predicted octanol–water partition coefficient (Wildman–Crippen LogP) is 18.1. The molecule has 0 saturated heterocycles. The molecule has 0 aromatic heterocycles. The molecule has 0 fully saturated rings. The molecule has 2 heteroatoms. The minimum atomic E-state index is 0.0157. The molecular formula is C75H84BN. The molecule has 1 aliphatic heterocycles. The van der Waals surface area contributed by atoms with Crippen LogP contribution in [0.25, 0.3) is 11.1 Å². The van der Waals surface area contributed by atoms with Gasteiger partial charge in [-0.05, 0) is 189 Å². The zero-order chi connectivity index (χ0) is 54.6. The van der Waals surface area contributed by atoms with Crippen LogP contribution in [0.5, 0.6) is 0 Å². The van der Waals surface area contributed by atoms with E-state index in [1.54, 1.807) is 11.1 Å². The molecule has 0 N–H and O–H groups in total. The first-order valence-corrected chi connectivity index (χ1v) is 29.1. The van der Waals surface area contributed by atoms with Crippen LogP contribution in [0.4, 0.5) is 17.1 Å². The van der Waals surface area contributed by atoms with Crippen LogP contribution in [-0.2, 0) is 33.5 Å². The summed E-state index contributed by atoms with van der Waals surface area (Å²) in [5, 5.41) is 0. The van der Waals surface area contributed by atoms with Gasteiger partial charge in [0, 0.05) is 28.9 Å². The molecule has 0 amide bonds. The maximum Gasteiger partial charge on any atom is 0.242 e. The minimum absolute atomic E-state index is 0.0157. The molecule has 8 aromatic carbocycles. The van der Waals surface area contributed by atoms with Gasteiger partial charge in [0.2, 0.25) is 6.71 Å². The Morgan fingerprint density at radius 3 is 1.70 bits per heavy atom. The Balaban J connectivity index is 1.18. The van der Waals surface area contributed by atoms with Gasteiger partial charge < -0.3 is 4.90 Å². The highest BCUT2D eigenvalue weighted by Crippen LogP contribution is 2.51. The first-order chi connectivity index (χ1) is 36.4. The highest BCUT2D eigenvalue weighted by molar-refractivity contribution is 6.97. The molecule has 3 aliphatic rings. The van der Waals surface area contributed by atoms with Gasteiger partial charge in [-0.25, -0.2) is 0 Å². The quantitative estimate of drug-likeness (QED) is 0.123. The number of nitrogens with zero attached hydrogens (tertiary/aromatic N) is 1. The molecule has 2 atom stereocenters. The van der Waals surface area contributed by atoms with Crippen LogP contribution < -0.4 is 21.3 Å². The molecule has 77 heavy (non-hydrogen) atoms. The van der Waals surface area contributed by atoms with E-state index in [1.807, 2.05) is 0 Å². The molecule has 1 nitrogen and oxygen atoms in total. The average molecular weight is 1010 g/mol. The molecule has 11 rings (SSSR count). The average Bonchev–Trinajstić information content (AvgIpc) is 3.62. The molecule has 0 saturated carbocycles. The van der Waals surface area contributed by atoms with E-state index in [4.69, 9.17) is 0 Å². The van der Waals surface area contributed by atoms with Crippen LogP contribution in [0, 0.1) is 20.8 Å². The number of fused-ring (bicyclic) bond motifs is 4. The standard InChI is InChI=1S/C75H84BN/c1-48-39-50(3)70-63(40-48)59(34-31-53-42-65-64(41-49(53)2)74(12,13)47-75(65,14)15)62-44-57(77(55-27-21-17-22-28-55)56-29-23-18-24-30-56)33-36-68(62)76(70)69-46-67-66(72(8,9)37-38-73(67,10)11)45-60(69)51(4)58-35-32-54(71(5,6)7)43-61(58)52-25-19-16-20-26-52/h16-30,32-33,35-36,39-46,51,59H,31,34,37-38,47H2,1-15H3. The fourth-order valence-corrected chi connectivity index (χ4v) is 15.0. The molecule has 0 radical (unpaired) electrons. The van der Waals surface area contributed by atoms with Gasteiger partial charge in [-0.2, -0.15) is 0 Å². The van der Waals surface area contributed by atoms with E-state index in [0.717, 1.165) is 24.2 Å². The van der Waals surface area contributed by atoms with Crippen molar-refractivity contribution in [3.63, 3.8) is 0 Å². The Hall–Kier alpha value is -6.38. The fourth-order valence-electron chi connectivity index (χ4n) is 15.0. The number of rotatable bonds is 10. The molecule has 2 aliphatic carbocycles. The van der Waals surface area contributed by atoms with Crippen molar-refractivity contribution in [2.75, 3.05) is 4.90 Å². The van der Waals surface area contributed by atoms with Crippen molar-refractivity contribution in [2.45, 2.75) is 175 Å². The first-order valence-electron chi connectivity index (χ1n) is 29.1. The Labute approximate surface area is 464 Å². The zero-order valence-corrected chi connectivity index (χ0v) is 49.3. The van der Waals surface area contributed by atoms with Crippen LogP contribution in [0.2, 0.25) is 0 Å². The lowest BCUT2D eigenvalue weighted by molar-refractivity contribution is 0.332. The summed E-state index contributed by atoms with van der Waals surface area (Å²) in [4.78, 5) is 2.47. The summed E-state index contributed by atoms with van der Waals surface area (Å²) < 4.78 is 0. The number of para-hydroxylation sites is 2. The number of hydrogen-bond donors (Lipinski definition) is 0. The SMILES string of the molecule is Cc1cc(C)c2c(c1)C(CCc1cc3c(cc1C)C(C)(C)CC3(C)C)c1cc(N(c3ccccc3)c3ccccc3)ccc1B2c1cc2c(cc1C(C)c1ccc(C(C)(C)C)cc1-c1ccccc1)C(C)(C)CCC2(C)C. The third-order valence-corrected chi connectivity index (χ3v) is 19.1. The summed E-state index contributed by atoms with van der Waals surface area (Å²) >= 11 is 0. The van der Waals surface area contributed by atoms with Crippen LogP contribution in [0.1, 0.15) is 193 Å². The summed E-state index contributed by atoms with van der Waals surface area (Å²) in [6.07, 6.45) is 5.55. The second-order valence-corrected chi connectivity index (χ2v) is 27.6. The molecular weight excluding hydrogens is 926 g/mol. The molecule has 1 heterocycles. The van der Waals surface area contributed by atoms with Crippen molar-refractivity contribution < 1.29 is 0 Å². The lowest BCUT2D eigenvalue weighted by atomic mass is 9.31. The summed E-state index contributed by atoms with van der Waals surface area (Å²) in [6.45, 7) is 36.6. The third-order valence-electron chi connectivity index (χ3n) is 19.1. The monoisotopic (exact) mass is 1010 g/mol. The fraction of sp³-hybridized carbons (Fsp3) is 0.360. The van der Waals surface area contributed by atoms with Gasteiger partial charge in [-0.1, -0.05) is 238 Å². The summed E-state index contributed by atoms with van der Waals surface area (Å²) in [7, 11) is 0. The van der Waals surface area contributed by atoms with E-state index in [-0.39, 0.29) is 45.6 Å². The van der Waals surface area contributed by atoms with E-state index in [1.165, 1.54) is 114 Å². The molecule has 2 unspecified atom stereocenters. The lowest BCUT2D eigenvalue weighted by Crippen LogP contribution is -2.60. The number of aryl methyl sites for hydroxylation is 4. The first kappa shape index (κ1) is 52.7. The van der Waals surface area contributed by atoms with Gasteiger partial charge in [0.15, 0.2) is 0 Å². The minimum Gasteiger partial charge on any atom is -0.310 e. The van der Waals surface area contributed by atoms with Gasteiger partial charge in [0.1, 0.15) is 0 Å². The Morgan fingerprint density at radius 1 is 0.519 bits per heavy atom. The number of hydrogen-bond acceptors (Lipinski definition) is 1. The molecule has 0 bridgehead atoms. The van der Waals surface area contributed by atoms with E-state index in [0.29, 0.717) is 0 Å². The van der Waals surface area contributed by atoms with Crippen molar-refractivity contribution in [2.24, 2.45) is 0 Å². The van der Waals surface area contributed by atoms with Crippen LogP contribution in [0.3, 0.4) is 0 Å². The number of anilines is 3. The van der Waals surface area contributed by atoms with Gasteiger partial charge in [-0.15, -0.1) is 0 Å². The van der Waals surface area contributed by atoms with Gasteiger partial charge >= 0.3 is 0 Å². The van der Waals surface area contributed by atoms with E-state index >= 15 is 0 Å². The summed E-state index contributed by atoms with van der Waals surface area (Å²) in [6, 6.07) is 63.9. The maximum absolute atomic E-state index is 2.75. The van der Waals surface area contributed by atoms with Crippen molar-refractivity contribution in [3.8, 4) is 11.1 Å². The Bertz CT molecular complexity index is 3490. The molecule has 392 valence electrons. The smallest absolute Gasteiger partial charge is 0.242 e. The Morgan fingerprint density at radius 2 is 1.09 bits per heavy atom. The summed E-state index contributed by atoms with van der Waals surface area (Å²) in [5.41, 5.74) is 29.9. The van der Waals surface area contributed by atoms with Gasteiger partial charge in [-0.3, -0.25) is 0 Å². The van der Waals surface area contributed by atoms with Crippen LogP contribution >= 0.6 is 0 Å². The second kappa shape index (κ2) is 19.2. The Kier molecular flexibility index (Phi) is 13.1. The molecule has 0 spiro atoms. The van der Waals surface area contributed by atoms with Crippen molar-refractivity contribution in [1.82, 2.24) is 0 Å². The molecule has 8 aromatic rings. The van der Waals surface area contributed by atoms with E-state index < -0.39 is 0 Å². The second-order valence-electron chi connectivity index (χ2n) is 27.6. The van der Waals surface area contributed by atoms with Crippen LogP contribution in [0.15, 0.2) is 164 Å². The zero-order valence-electron chi connectivity index (χ0n) is 49.3. The highest BCUT2D eigenvalue weighted by atomic mass is 15.1. The highest BCUT2D eigenvalue weighted by Gasteiger charge is 2.45. The predicted molar refractivity (Wildman–Crippen MR) is 334 cm³/mol. The topological polar surface area (TPSA) is 3.24 Å². The third kappa shape index (κ3) is 9.44. The largest absolute Gasteiger partial charge is 0.310 e. The maximum atomic E-state index is 2.75. The van der Waals surface area contributed by atoms with E-state index in [2.05, 4.69) is 273 Å². The van der Waals surface area contributed by atoms with Crippen molar-refractivity contribution >= 4 is 40.2 Å². The van der Waals surface area contributed by atoms with Crippen LogP contribution in [-0.4, -0.2) is 6.71 Å². The van der Waals surface area contributed by atoms with Crippen molar-refractivity contribution in [3.05, 3.63) is 236 Å². The number of benzene rings is 8. The van der Waals surface area contributed by atoms with Gasteiger partial charge in [0.25, 0.3) is 0 Å². The van der Waals surface area contributed by atoms with E-state index in [9.17, 15) is 0 Å². The van der Waals surface area contributed by atoms with Crippen molar-refractivity contribution in [1.29, 1.82) is 0 Å².